The average Bonchev–Trinajstić information content (AvgIpc) is 3.09. The van der Waals surface area contributed by atoms with Crippen LogP contribution in [0.4, 0.5) is 4.39 Å². The largest absolute Gasteiger partial charge is 0.351 e. The lowest BCUT2D eigenvalue weighted by Gasteiger charge is -2.30. The molecule has 1 heterocycles. The number of carbonyl (C=O) groups excluding carboxylic acids is 1. The first kappa shape index (κ1) is 24.8. The monoisotopic (exact) mass is 447 g/mol. The van der Waals surface area contributed by atoms with Crippen LogP contribution in [0.3, 0.4) is 0 Å². The number of aromatic nitrogens is 1. The van der Waals surface area contributed by atoms with Crippen LogP contribution in [0.25, 0.3) is 0 Å². The number of nitrogens with one attached hydrogen (secondary N) is 1. The highest BCUT2D eigenvalue weighted by atomic mass is 35.5. The first-order chi connectivity index (χ1) is 12.6. The zero-order valence-corrected chi connectivity index (χ0v) is 18.2. The number of amides is 1. The van der Waals surface area contributed by atoms with E-state index in [-0.39, 0.29) is 49.0 Å². The Bertz CT molecular complexity index is 720. The number of thiazole rings is 1. The van der Waals surface area contributed by atoms with E-state index in [2.05, 4.69) is 10.3 Å². The van der Waals surface area contributed by atoms with Gasteiger partial charge in [0.1, 0.15) is 5.82 Å². The fraction of sp³-hybridized carbons (Fsp3) is 0.500. The van der Waals surface area contributed by atoms with E-state index < -0.39 is 0 Å². The number of nitrogens with two attached hydrogens (primary N) is 1. The van der Waals surface area contributed by atoms with Crippen LogP contribution in [0.1, 0.15) is 48.4 Å². The lowest BCUT2D eigenvalue weighted by molar-refractivity contribution is -0.121. The number of carbonyl (C=O) groups is 1. The van der Waals surface area contributed by atoms with E-state index in [9.17, 15) is 9.18 Å². The maximum Gasteiger partial charge on any atom is 0.226 e. The Hall–Kier alpha value is -1.21. The summed E-state index contributed by atoms with van der Waals surface area (Å²) in [7, 11) is 0. The van der Waals surface area contributed by atoms with Crippen LogP contribution < -0.4 is 11.1 Å². The van der Waals surface area contributed by atoms with Gasteiger partial charge in [-0.05, 0) is 36.5 Å². The first-order valence-corrected chi connectivity index (χ1v) is 10.2. The molecular formula is C20H28Cl2FN3OS. The summed E-state index contributed by atoms with van der Waals surface area (Å²) in [5.74, 6) is 0.254. The summed E-state index contributed by atoms with van der Waals surface area (Å²) in [4.78, 5) is 16.9. The Labute approximate surface area is 182 Å². The number of hydrogen-bond acceptors (Lipinski definition) is 4. The Balaban J connectivity index is 0.00000196. The van der Waals surface area contributed by atoms with Gasteiger partial charge < -0.3 is 11.1 Å². The lowest BCUT2D eigenvalue weighted by atomic mass is 9.84. The smallest absolute Gasteiger partial charge is 0.226 e. The van der Waals surface area contributed by atoms with Crippen molar-refractivity contribution in [2.75, 3.05) is 6.54 Å². The summed E-state index contributed by atoms with van der Waals surface area (Å²) in [6, 6.07) is 6.50. The van der Waals surface area contributed by atoms with Crippen molar-refractivity contribution in [3.05, 3.63) is 51.7 Å². The normalized spacial score (nSPS) is 15.2. The lowest BCUT2D eigenvalue weighted by Crippen LogP contribution is -2.46. The molecule has 1 aliphatic carbocycles. The van der Waals surface area contributed by atoms with Crippen LogP contribution in [0.5, 0.6) is 0 Å². The van der Waals surface area contributed by atoms with Crippen LogP contribution in [0.15, 0.2) is 29.6 Å². The second-order valence-corrected chi connectivity index (χ2v) is 7.96. The van der Waals surface area contributed by atoms with Gasteiger partial charge in [-0.3, -0.25) is 4.79 Å². The van der Waals surface area contributed by atoms with E-state index in [4.69, 9.17) is 5.73 Å². The Kier molecular flexibility index (Phi) is 11.0. The van der Waals surface area contributed by atoms with Gasteiger partial charge in [-0.25, -0.2) is 9.37 Å². The number of nitrogens with zero attached hydrogens (tertiary/aromatic N) is 1. The van der Waals surface area contributed by atoms with E-state index >= 15 is 0 Å². The third-order valence-electron chi connectivity index (χ3n) is 5.03. The molecule has 1 aromatic heterocycles. The van der Waals surface area contributed by atoms with Gasteiger partial charge in [0.05, 0.1) is 17.1 Å². The molecule has 156 valence electrons. The Morgan fingerprint density at radius 1 is 1.21 bits per heavy atom. The summed E-state index contributed by atoms with van der Waals surface area (Å²) >= 11 is 1.53. The van der Waals surface area contributed by atoms with E-state index in [0.29, 0.717) is 18.9 Å². The van der Waals surface area contributed by atoms with Gasteiger partial charge in [0.15, 0.2) is 0 Å². The van der Waals surface area contributed by atoms with Crippen LogP contribution in [0.2, 0.25) is 0 Å². The summed E-state index contributed by atoms with van der Waals surface area (Å²) in [6.07, 6.45) is 6.99. The Morgan fingerprint density at radius 2 is 1.89 bits per heavy atom. The van der Waals surface area contributed by atoms with Crippen LogP contribution >= 0.6 is 36.2 Å². The minimum atomic E-state index is -0.238. The maximum absolute atomic E-state index is 13.0. The predicted molar refractivity (Wildman–Crippen MR) is 117 cm³/mol. The molecule has 1 atom stereocenters. The molecule has 4 nitrogen and oxygen atoms in total. The highest BCUT2D eigenvalue weighted by molar-refractivity contribution is 7.09. The van der Waals surface area contributed by atoms with Gasteiger partial charge in [0.2, 0.25) is 5.91 Å². The molecule has 28 heavy (non-hydrogen) atoms. The fourth-order valence-corrected chi connectivity index (χ4v) is 4.44. The molecule has 0 bridgehead atoms. The van der Waals surface area contributed by atoms with Gasteiger partial charge in [-0.2, -0.15) is 0 Å². The number of halogens is 3. The summed E-state index contributed by atoms with van der Waals surface area (Å²) in [5, 5.41) is 5.97. The van der Waals surface area contributed by atoms with Crippen molar-refractivity contribution in [3.8, 4) is 0 Å². The summed E-state index contributed by atoms with van der Waals surface area (Å²) < 4.78 is 13.0. The molecule has 8 heteroatoms. The highest BCUT2D eigenvalue weighted by Gasteiger charge is 2.24. The molecule has 0 radical (unpaired) electrons. The van der Waals surface area contributed by atoms with Gasteiger partial charge in [-0.15, -0.1) is 36.2 Å². The minimum absolute atomic E-state index is 0. The number of rotatable bonds is 7. The van der Waals surface area contributed by atoms with Crippen molar-refractivity contribution in [2.24, 2.45) is 11.7 Å². The first-order valence-electron chi connectivity index (χ1n) is 9.31. The second-order valence-electron chi connectivity index (χ2n) is 7.02. The van der Waals surface area contributed by atoms with Crippen molar-refractivity contribution >= 4 is 42.1 Å². The van der Waals surface area contributed by atoms with Gasteiger partial charge in [-0.1, -0.05) is 31.4 Å². The van der Waals surface area contributed by atoms with Crippen LogP contribution in [0, 0.1) is 11.7 Å². The molecule has 2 aromatic rings. The predicted octanol–water partition coefficient (Wildman–Crippen LogP) is 4.28. The Morgan fingerprint density at radius 3 is 2.54 bits per heavy atom. The maximum atomic E-state index is 13.0. The molecule has 1 unspecified atom stereocenters. The van der Waals surface area contributed by atoms with Crippen molar-refractivity contribution in [2.45, 2.75) is 51.0 Å². The quantitative estimate of drug-likeness (QED) is 0.664. The summed E-state index contributed by atoms with van der Waals surface area (Å²) in [5.41, 5.74) is 7.68. The molecule has 1 amide bonds. The van der Waals surface area contributed by atoms with Crippen molar-refractivity contribution in [3.63, 3.8) is 0 Å². The molecule has 1 aliphatic rings. The third-order valence-corrected chi connectivity index (χ3v) is 5.93. The molecule has 1 fully saturated rings. The zero-order valence-electron chi connectivity index (χ0n) is 15.7. The molecule has 1 aromatic carbocycles. The zero-order chi connectivity index (χ0) is 18.4. The SMILES string of the molecule is Cl.Cl.NCC(NC(=O)Cc1csc(Cc2ccc(F)cc2)n1)C1CCCCC1. The van der Waals surface area contributed by atoms with Crippen LogP contribution in [-0.2, 0) is 17.6 Å². The molecule has 3 N–H and O–H groups in total. The molecular weight excluding hydrogens is 420 g/mol. The molecule has 0 saturated heterocycles. The molecule has 3 rings (SSSR count). The number of hydrogen-bond donors (Lipinski definition) is 2. The van der Waals surface area contributed by atoms with Crippen molar-refractivity contribution in [1.82, 2.24) is 10.3 Å². The minimum Gasteiger partial charge on any atom is -0.351 e. The van der Waals surface area contributed by atoms with E-state index in [0.717, 1.165) is 29.1 Å². The fourth-order valence-electron chi connectivity index (χ4n) is 3.62. The van der Waals surface area contributed by atoms with E-state index in [1.165, 1.54) is 42.7 Å². The topological polar surface area (TPSA) is 68.0 Å². The standard InChI is InChI=1S/C20H26FN3OS.2ClH/c21-16-8-6-14(7-9-16)10-20-23-17(13-26-20)11-19(25)24-18(12-22)15-4-2-1-3-5-15;;/h6-9,13,15,18H,1-5,10-12,22H2,(H,24,25);2*1H. The molecule has 1 saturated carbocycles. The van der Waals surface area contributed by atoms with Crippen LogP contribution in [-0.4, -0.2) is 23.5 Å². The van der Waals surface area contributed by atoms with Gasteiger partial charge in [0.25, 0.3) is 0 Å². The molecule has 0 spiro atoms. The van der Waals surface area contributed by atoms with E-state index in [1.807, 2.05) is 5.38 Å². The average molecular weight is 448 g/mol. The highest BCUT2D eigenvalue weighted by Crippen LogP contribution is 2.26. The number of benzene rings is 1. The van der Waals surface area contributed by atoms with Crippen molar-refractivity contribution < 1.29 is 9.18 Å². The van der Waals surface area contributed by atoms with Gasteiger partial charge in [0, 0.05) is 24.4 Å². The van der Waals surface area contributed by atoms with E-state index in [1.54, 1.807) is 12.1 Å². The van der Waals surface area contributed by atoms with Crippen molar-refractivity contribution in [1.29, 1.82) is 0 Å². The third kappa shape index (κ3) is 7.32. The molecule has 0 aliphatic heterocycles. The summed E-state index contributed by atoms with van der Waals surface area (Å²) in [6.45, 7) is 0.489. The van der Waals surface area contributed by atoms with Gasteiger partial charge >= 0.3 is 0 Å². The second kappa shape index (κ2) is 12.4.